The van der Waals surface area contributed by atoms with Crippen molar-refractivity contribution in [3.8, 4) is 11.5 Å². The average Bonchev–Trinajstić information content (AvgIpc) is 2.58. The van der Waals surface area contributed by atoms with E-state index in [1.807, 2.05) is 0 Å². The maximum absolute atomic E-state index is 13.8. The van der Waals surface area contributed by atoms with Gasteiger partial charge in [0.05, 0.1) is 18.7 Å². The molecule has 0 spiro atoms. The van der Waals surface area contributed by atoms with Crippen molar-refractivity contribution in [1.82, 2.24) is 4.90 Å². The number of hydrogen-bond donors (Lipinski definition) is 0. The van der Waals surface area contributed by atoms with E-state index in [0.29, 0.717) is 18.1 Å². The van der Waals surface area contributed by atoms with Crippen LogP contribution < -0.4 is 9.47 Å². The van der Waals surface area contributed by atoms with Gasteiger partial charge in [-0.2, -0.15) is 0 Å². The van der Waals surface area contributed by atoms with E-state index in [1.165, 1.54) is 37.3 Å². The Balaban J connectivity index is 2.25. The van der Waals surface area contributed by atoms with Crippen LogP contribution in [-0.4, -0.2) is 31.6 Å². The molecule has 0 bridgehead atoms. The highest BCUT2D eigenvalue weighted by Gasteiger charge is 2.19. The third-order valence-electron chi connectivity index (χ3n) is 3.53. The molecule has 0 fully saturated rings. The van der Waals surface area contributed by atoms with Crippen molar-refractivity contribution in [2.24, 2.45) is 0 Å². The van der Waals surface area contributed by atoms with E-state index in [-0.39, 0.29) is 28.6 Å². The standard InChI is InChI=1S/C18H18ClF2NO3/c1-4-25-17-14(19)7-12(8-16(17)24-3)18(23)22(2)10-11-5-6-13(20)9-15(11)21/h5-9H,4,10H2,1-3H3. The number of carbonyl (C=O) groups excluding carboxylic acids is 1. The predicted octanol–water partition coefficient (Wildman–Crippen LogP) is 4.30. The lowest BCUT2D eigenvalue weighted by molar-refractivity contribution is 0.0783. The third-order valence-corrected chi connectivity index (χ3v) is 3.82. The van der Waals surface area contributed by atoms with Crippen molar-refractivity contribution >= 4 is 17.5 Å². The van der Waals surface area contributed by atoms with Crippen LogP contribution in [0.25, 0.3) is 0 Å². The molecule has 1 amide bonds. The monoisotopic (exact) mass is 369 g/mol. The van der Waals surface area contributed by atoms with Crippen LogP contribution in [0.2, 0.25) is 5.02 Å². The van der Waals surface area contributed by atoms with Crippen molar-refractivity contribution in [2.45, 2.75) is 13.5 Å². The van der Waals surface area contributed by atoms with Gasteiger partial charge in [-0.15, -0.1) is 0 Å². The van der Waals surface area contributed by atoms with Gasteiger partial charge in [0.2, 0.25) is 0 Å². The lowest BCUT2D eigenvalue weighted by atomic mass is 10.1. The Labute approximate surface area is 149 Å². The van der Waals surface area contributed by atoms with Crippen molar-refractivity contribution in [3.05, 3.63) is 58.1 Å². The largest absolute Gasteiger partial charge is 0.493 e. The van der Waals surface area contributed by atoms with Gasteiger partial charge in [0.15, 0.2) is 11.5 Å². The van der Waals surface area contributed by atoms with Gasteiger partial charge in [0, 0.05) is 30.8 Å². The second-order valence-corrected chi connectivity index (χ2v) is 5.73. The number of ether oxygens (including phenoxy) is 2. The Kier molecular flexibility index (Phi) is 6.20. The number of benzene rings is 2. The van der Waals surface area contributed by atoms with E-state index in [2.05, 4.69) is 0 Å². The number of carbonyl (C=O) groups is 1. The predicted molar refractivity (Wildman–Crippen MR) is 91.3 cm³/mol. The van der Waals surface area contributed by atoms with Crippen LogP contribution in [0.1, 0.15) is 22.8 Å². The molecule has 4 nitrogen and oxygen atoms in total. The molecule has 134 valence electrons. The van der Waals surface area contributed by atoms with Crippen molar-refractivity contribution in [3.63, 3.8) is 0 Å². The first-order valence-electron chi connectivity index (χ1n) is 7.57. The second kappa shape index (κ2) is 8.16. The normalized spacial score (nSPS) is 10.5. The minimum Gasteiger partial charge on any atom is -0.493 e. The van der Waals surface area contributed by atoms with Gasteiger partial charge in [0.25, 0.3) is 5.91 Å². The van der Waals surface area contributed by atoms with Crippen LogP contribution in [0.4, 0.5) is 8.78 Å². The molecule has 0 atom stereocenters. The highest BCUT2D eigenvalue weighted by atomic mass is 35.5. The average molecular weight is 370 g/mol. The number of rotatable bonds is 6. The molecular weight excluding hydrogens is 352 g/mol. The minimum absolute atomic E-state index is 0.0158. The topological polar surface area (TPSA) is 38.8 Å². The number of amides is 1. The summed E-state index contributed by atoms with van der Waals surface area (Å²) in [6, 6.07) is 6.21. The molecule has 25 heavy (non-hydrogen) atoms. The number of methoxy groups -OCH3 is 1. The molecule has 0 radical (unpaired) electrons. The summed E-state index contributed by atoms with van der Waals surface area (Å²) in [4.78, 5) is 13.9. The van der Waals surface area contributed by atoms with Crippen LogP contribution in [-0.2, 0) is 6.54 Å². The zero-order chi connectivity index (χ0) is 18.6. The fourth-order valence-electron chi connectivity index (χ4n) is 2.33. The summed E-state index contributed by atoms with van der Waals surface area (Å²) in [7, 11) is 2.96. The van der Waals surface area contributed by atoms with Crippen LogP contribution in [0.5, 0.6) is 11.5 Å². The zero-order valence-electron chi connectivity index (χ0n) is 14.1. The van der Waals surface area contributed by atoms with Gasteiger partial charge >= 0.3 is 0 Å². The van der Waals surface area contributed by atoms with E-state index in [9.17, 15) is 13.6 Å². The molecule has 0 saturated heterocycles. The maximum Gasteiger partial charge on any atom is 0.254 e. The van der Waals surface area contributed by atoms with Crippen LogP contribution in [0, 0.1) is 11.6 Å². The number of hydrogen-bond acceptors (Lipinski definition) is 3. The first kappa shape index (κ1) is 19.0. The molecule has 0 aromatic heterocycles. The summed E-state index contributed by atoms with van der Waals surface area (Å²) in [5.74, 6) is -1.07. The van der Waals surface area contributed by atoms with Crippen molar-refractivity contribution in [1.29, 1.82) is 0 Å². The molecule has 0 aliphatic rings. The lowest BCUT2D eigenvalue weighted by Crippen LogP contribution is -2.26. The summed E-state index contributed by atoms with van der Waals surface area (Å²) in [5, 5.41) is 0.242. The molecule has 0 N–H and O–H groups in total. The van der Waals surface area contributed by atoms with Crippen LogP contribution in [0.15, 0.2) is 30.3 Å². The van der Waals surface area contributed by atoms with Crippen molar-refractivity contribution < 1.29 is 23.0 Å². The molecule has 0 saturated carbocycles. The second-order valence-electron chi connectivity index (χ2n) is 5.32. The fourth-order valence-corrected chi connectivity index (χ4v) is 2.59. The smallest absolute Gasteiger partial charge is 0.254 e. The molecule has 0 heterocycles. The Morgan fingerprint density at radius 2 is 1.96 bits per heavy atom. The number of halogens is 3. The van der Waals surface area contributed by atoms with E-state index in [1.54, 1.807) is 6.92 Å². The molecule has 2 aromatic carbocycles. The quantitative estimate of drug-likeness (QED) is 0.762. The maximum atomic E-state index is 13.8. The molecule has 0 aliphatic carbocycles. The molecule has 2 aromatic rings. The minimum atomic E-state index is -0.707. The number of nitrogens with zero attached hydrogens (tertiary/aromatic N) is 1. The van der Waals surface area contributed by atoms with E-state index in [0.717, 1.165) is 12.1 Å². The molecule has 7 heteroatoms. The highest BCUT2D eigenvalue weighted by Crippen LogP contribution is 2.36. The van der Waals surface area contributed by atoms with Gasteiger partial charge in [-0.3, -0.25) is 4.79 Å². The highest BCUT2D eigenvalue weighted by molar-refractivity contribution is 6.32. The van der Waals surface area contributed by atoms with Gasteiger partial charge in [0.1, 0.15) is 11.6 Å². The molecule has 0 unspecified atom stereocenters. The Bertz CT molecular complexity index is 783. The first-order valence-corrected chi connectivity index (χ1v) is 7.94. The van der Waals surface area contributed by atoms with Gasteiger partial charge in [-0.05, 0) is 25.1 Å². The zero-order valence-corrected chi connectivity index (χ0v) is 14.9. The molecule has 2 rings (SSSR count). The Hall–Kier alpha value is -2.34. The van der Waals surface area contributed by atoms with Crippen molar-refractivity contribution in [2.75, 3.05) is 20.8 Å². The summed E-state index contributed by atoms with van der Waals surface area (Å²) in [6.07, 6.45) is 0. The first-order chi connectivity index (χ1) is 11.9. The van der Waals surface area contributed by atoms with Gasteiger partial charge in [-0.1, -0.05) is 17.7 Å². The SMILES string of the molecule is CCOc1c(Cl)cc(C(=O)N(C)Cc2ccc(F)cc2F)cc1OC. The summed E-state index contributed by atoms with van der Waals surface area (Å²) in [5.41, 5.74) is 0.483. The third kappa shape index (κ3) is 4.39. The summed E-state index contributed by atoms with van der Waals surface area (Å²) in [6.45, 7) is 2.19. The van der Waals surface area contributed by atoms with Gasteiger partial charge < -0.3 is 14.4 Å². The Morgan fingerprint density at radius 3 is 2.56 bits per heavy atom. The lowest BCUT2D eigenvalue weighted by Gasteiger charge is -2.19. The van der Waals surface area contributed by atoms with E-state index >= 15 is 0 Å². The van der Waals surface area contributed by atoms with E-state index < -0.39 is 11.6 Å². The summed E-state index contributed by atoms with van der Waals surface area (Å²) < 4.78 is 37.4. The molecule has 0 aliphatic heterocycles. The summed E-state index contributed by atoms with van der Waals surface area (Å²) >= 11 is 6.17. The fraction of sp³-hybridized carbons (Fsp3) is 0.278. The molecular formula is C18H18ClF2NO3. The van der Waals surface area contributed by atoms with Crippen LogP contribution >= 0.6 is 11.6 Å². The van der Waals surface area contributed by atoms with E-state index in [4.69, 9.17) is 21.1 Å². The Morgan fingerprint density at radius 1 is 1.24 bits per heavy atom. The van der Waals surface area contributed by atoms with Crippen LogP contribution in [0.3, 0.4) is 0 Å². The van der Waals surface area contributed by atoms with Gasteiger partial charge in [-0.25, -0.2) is 8.78 Å².